The van der Waals surface area contributed by atoms with Crippen molar-refractivity contribution in [1.29, 1.82) is 0 Å². The molecule has 78 valence electrons. The molecule has 0 radical (unpaired) electrons. The molecule has 0 bridgehead atoms. The van der Waals surface area contributed by atoms with E-state index in [1.54, 1.807) is 0 Å². The molecule has 1 aliphatic rings. The van der Waals surface area contributed by atoms with Gasteiger partial charge in [-0.25, -0.2) is 4.98 Å². The summed E-state index contributed by atoms with van der Waals surface area (Å²) in [6, 6.07) is 5.65. The van der Waals surface area contributed by atoms with Crippen LogP contribution in [0.1, 0.15) is 5.89 Å². The monoisotopic (exact) mass is 205 g/mol. The van der Waals surface area contributed by atoms with Crippen LogP contribution in [0.2, 0.25) is 0 Å². The molecule has 3 rings (SSSR count). The number of fused-ring (bicyclic) bond motifs is 1. The molecule has 1 atom stereocenters. The summed E-state index contributed by atoms with van der Waals surface area (Å²) in [5, 5.41) is 0. The van der Waals surface area contributed by atoms with Crippen molar-refractivity contribution in [3.63, 3.8) is 0 Å². The highest BCUT2D eigenvalue weighted by Gasteiger charge is 2.23. The zero-order valence-corrected chi connectivity index (χ0v) is 8.40. The number of nitrogens with zero attached hydrogens (tertiary/aromatic N) is 1. The SMILES string of the molecule is Cc1nc2ccc(OCC3CO3)cc2o1. The van der Waals surface area contributed by atoms with E-state index in [0.717, 1.165) is 23.5 Å². The van der Waals surface area contributed by atoms with Crippen LogP contribution >= 0.6 is 0 Å². The summed E-state index contributed by atoms with van der Waals surface area (Å²) < 4.78 is 16.0. The fourth-order valence-electron chi connectivity index (χ4n) is 1.46. The van der Waals surface area contributed by atoms with Crippen molar-refractivity contribution in [2.45, 2.75) is 13.0 Å². The predicted molar refractivity (Wildman–Crippen MR) is 54.0 cm³/mol. The molecule has 4 heteroatoms. The normalized spacial score (nSPS) is 19.4. The smallest absolute Gasteiger partial charge is 0.192 e. The number of oxazole rings is 1. The van der Waals surface area contributed by atoms with Gasteiger partial charge in [-0.3, -0.25) is 0 Å². The quantitative estimate of drug-likeness (QED) is 0.718. The van der Waals surface area contributed by atoms with E-state index in [1.807, 2.05) is 25.1 Å². The van der Waals surface area contributed by atoms with Crippen molar-refractivity contribution in [2.75, 3.05) is 13.2 Å². The molecule has 2 heterocycles. The van der Waals surface area contributed by atoms with Crippen molar-refractivity contribution in [3.05, 3.63) is 24.1 Å². The lowest BCUT2D eigenvalue weighted by atomic mass is 10.3. The zero-order valence-electron chi connectivity index (χ0n) is 8.40. The molecule has 1 unspecified atom stereocenters. The van der Waals surface area contributed by atoms with Gasteiger partial charge < -0.3 is 13.9 Å². The number of benzene rings is 1. The Balaban J connectivity index is 1.84. The highest BCUT2D eigenvalue weighted by Crippen LogP contribution is 2.22. The Hall–Kier alpha value is -1.55. The molecule has 1 fully saturated rings. The van der Waals surface area contributed by atoms with Crippen molar-refractivity contribution < 1.29 is 13.9 Å². The number of ether oxygens (including phenoxy) is 2. The number of hydrogen-bond acceptors (Lipinski definition) is 4. The lowest BCUT2D eigenvalue weighted by Gasteiger charge is -2.02. The Labute approximate surface area is 86.8 Å². The van der Waals surface area contributed by atoms with Gasteiger partial charge in [0.05, 0.1) is 6.61 Å². The first-order chi connectivity index (χ1) is 7.31. The van der Waals surface area contributed by atoms with E-state index in [9.17, 15) is 0 Å². The Kier molecular flexibility index (Phi) is 1.89. The Bertz CT molecular complexity index is 488. The fraction of sp³-hybridized carbons (Fsp3) is 0.364. The standard InChI is InChI=1S/C11H11NO3/c1-7-12-10-3-2-8(4-11(10)15-7)13-5-9-6-14-9/h2-4,9H,5-6H2,1H3. The lowest BCUT2D eigenvalue weighted by Crippen LogP contribution is -2.03. The summed E-state index contributed by atoms with van der Waals surface area (Å²) >= 11 is 0. The summed E-state index contributed by atoms with van der Waals surface area (Å²) in [6.45, 7) is 3.25. The van der Waals surface area contributed by atoms with E-state index >= 15 is 0 Å². The molecule has 4 nitrogen and oxygen atoms in total. The van der Waals surface area contributed by atoms with Gasteiger partial charge in [-0.05, 0) is 12.1 Å². The molecular formula is C11H11NO3. The molecule has 2 aromatic rings. The third kappa shape index (κ3) is 1.80. The zero-order chi connectivity index (χ0) is 10.3. The van der Waals surface area contributed by atoms with Crippen LogP contribution in [0.4, 0.5) is 0 Å². The average Bonchev–Trinajstić information content (AvgIpc) is 2.96. The van der Waals surface area contributed by atoms with E-state index in [0.29, 0.717) is 12.5 Å². The van der Waals surface area contributed by atoms with E-state index in [4.69, 9.17) is 13.9 Å². The molecule has 1 saturated heterocycles. The average molecular weight is 205 g/mol. The molecule has 0 saturated carbocycles. The minimum atomic E-state index is 0.275. The molecule has 0 N–H and O–H groups in total. The number of aryl methyl sites for hydroxylation is 1. The van der Waals surface area contributed by atoms with Crippen LogP contribution in [0, 0.1) is 6.92 Å². The number of rotatable bonds is 3. The summed E-state index contributed by atoms with van der Waals surface area (Å²) in [4.78, 5) is 4.21. The molecular weight excluding hydrogens is 194 g/mol. The third-order valence-electron chi connectivity index (χ3n) is 2.31. The van der Waals surface area contributed by atoms with Gasteiger partial charge in [0.2, 0.25) is 0 Å². The molecule has 1 aromatic carbocycles. The van der Waals surface area contributed by atoms with Crippen LogP contribution in [0.15, 0.2) is 22.6 Å². The van der Waals surface area contributed by atoms with Crippen LogP contribution < -0.4 is 4.74 Å². The van der Waals surface area contributed by atoms with Crippen molar-refractivity contribution >= 4 is 11.1 Å². The van der Waals surface area contributed by atoms with Crippen molar-refractivity contribution in [3.8, 4) is 5.75 Å². The maximum absolute atomic E-state index is 5.53. The van der Waals surface area contributed by atoms with Gasteiger partial charge in [-0.1, -0.05) is 0 Å². The second-order valence-electron chi connectivity index (χ2n) is 3.63. The lowest BCUT2D eigenvalue weighted by molar-refractivity contribution is 0.263. The summed E-state index contributed by atoms with van der Waals surface area (Å²) in [6.07, 6.45) is 0.275. The van der Waals surface area contributed by atoms with Gasteiger partial charge in [0.25, 0.3) is 0 Å². The van der Waals surface area contributed by atoms with Crippen molar-refractivity contribution in [1.82, 2.24) is 4.98 Å². The minimum Gasteiger partial charge on any atom is -0.491 e. The maximum atomic E-state index is 5.53. The third-order valence-corrected chi connectivity index (χ3v) is 2.31. The molecule has 0 spiro atoms. The molecule has 0 amide bonds. The van der Waals surface area contributed by atoms with E-state index in [-0.39, 0.29) is 6.10 Å². The maximum Gasteiger partial charge on any atom is 0.192 e. The van der Waals surface area contributed by atoms with Gasteiger partial charge in [0.1, 0.15) is 24.0 Å². The Morgan fingerprint density at radius 2 is 2.40 bits per heavy atom. The highest BCUT2D eigenvalue weighted by atomic mass is 16.6. The Morgan fingerprint density at radius 1 is 1.53 bits per heavy atom. The highest BCUT2D eigenvalue weighted by molar-refractivity contribution is 5.74. The molecule has 0 aliphatic carbocycles. The minimum absolute atomic E-state index is 0.275. The van der Waals surface area contributed by atoms with Crippen molar-refractivity contribution in [2.24, 2.45) is 0 Å². The first-order valence-corrected chi connectivity index (χ1v) is 4.93. The number of hydrogen-bond donors (Lipinski definition) is 0. The first-order valence-electron chi connectivity index (χ1n) is 4.93. The van der Waals surface area contributed by atoms with Gasteiger partial charge in [-0.2, -0.15) is 0 Å². The van der Waals surface area contributed by atoms with Crippen LogP contribution in [0.3, 0.4) is 0 Å². The van der Waals surface area contributed by atoms with Gasteiger partial charge in [0.15, 0.2) is 11.5 Å². The van der Waals surface area contributed by atoms with Crippen LogP contribution in [-0.2, 0) is 4.74 Å². The van der Waals surface area contributed by atoms with Gasteiger partial charge >= 0.3 is 0 Å². The summed E-state index contributed by atoms with van der Waals surface area (Å²) in [5.74, 6) is 1.47. The summed E-state index contributed by atoms with van der Waals surface area (Å²) in [5.41, 5.74) is 1.63. The fourth-order valence-corrected chi connectivity index (χ4v) is 1.46. The van der Waals surface area contributed by atoms with E-state index in [2.05, 4.69) is 4.98 Å². The number of epoxide rings is 1. The molecule has 15 heavy (non-hydrogen) atoms. The largest absolute Gasteiger partial charge is 0.491 e. The van der Waals surface area contributed by atoms with E-state index < -0.39 is 0 Å². The molecule has 1 aliphatic heterocycles. The van der Waals surface area contributed by atoms with E-state index in [1.165, 1.54) is 0 Å². The van der Waals surface area contributed by atoms with Gasteiger partial charge in [-0.15, -0.1) is 0 Å². The summed E-state index contributed by atoms with van der Waals surface area (Å²) in [7, 11) is 0. The van der Waals surface area contributed by atoms with Crippen LogP contribution in [-0.4, -0.2) is 24.3 Å². The second kappa shape index (κ2) is 3.24. The topological polar surface area (TPSA) is 47.8 Å². The predicted octanol–water partition coefficient (Wildman–Crippen LogP) is 1.91. The van der Waals surface area contributed by atoms with Crippen LogP contribution in [0.5, 0.6) is 5.75 Å². The Morgan fingerprint density at radius 3 is 3.20 bits per heavy atom. The number of aromatic nitrogens is 1. The molecule has 1 aromatic heterocycles. The second-order valence-corrected chi connectivity index (χ2v) is 3.63. The van der Waals surface area contributed by atoms with Gasteiger partial charge in [0, 0.05) is 13.0 Å². The first kappa shape index (κ1) is 8.73. The van der Waals surface area contributed by atoms with Crippen LogP contribution in [0.25, 0.3) is 11.1 Å².